The predicted molar refractivity (Wildman–Crippen MR) is 108 cm³/mol. The zero-order valence-corrected chi connectivity index (χ0v) is 16.3. The lowest BCUT2D eigenvalue weighted by Crippen LogP contribution is -2.33. The SMILES string of the molecule is Cc1cc(O)c([C@H]2C[C@@H](O)C[C@@H](CO)O2)cc1C(=O)c1cc2ccccc2s1. The van der Waals surface area contributed by atoms with Gasteiger partial charge in [0, 0.05) is 28.7 Å². The molecule has 28 heavy (non-hydrogen) atoms. The molecule has 3 aromatic rings. The number of ether oxygens (including phenoxy) is 1. The number of hydrogen-bond donors (Lipinski definition) is 3. The maximum Gasteiger partial charge on any atom is 0.203 e. The molecule has 1 aliphatic heterocycles. The van der Waals surface area contributed by atoms with E-state index in [9.17, 15) is 20.1 Å². The molecule has 2 aromatic carbocycles. The fourth-order valence-corrected chi connectivity index (χ4v) is 4.76. The molecular formula is C22H22O5S. The van der Waals surface area contributed by atoms with Crippen molar-refractivity contribution in [2.75, 3.05) is 6.61 Å². The van der Waals surface area contributed by atoms with Gasteiger partial charge in [0.1, 0.15) is 5.75 Å². The van der Waals surface area contributed by atoms with Crippen LogP contribution in [0.1, 0.15) is 45.3 Å². The van der Waals surface area contributed by atoms with Crippen LogP contribution in [0.2, 0.25) is 0 Å². The Morgan fingerprint density at radius 1 is 1.21 bits per heavy atom. The second-order valence-corrected chi connectivity index (χ2v) is 8.34. The Labute approximate surface area is 166 Å². The van der Waals surface area contributed by atoms with Gasteiger partial charge in [0.2, 0.25) is 5.78 Å². The second-order valence-electron chi connectivity index (χ2n) is 7.26. The Hall–Kier alpha value is -2.25. The molecular weight excluding hydrogens is 376 g/mol. The topological polar surface area (TPSA) is 87.0 Å². The Balaban J connectivity index is 1.71. The molecule has 0 unspecified atom stereocenters. The zero-order valence-electron chi connectivity index (χ0n) is 15.5. The minimum absolute atomic E-state index is 0.0289. The summed E-state index contributed by atoms with van der Waals surface area (Å²) in [4.78, 5) is 13.8. The van der Waals surface area contributed by atoms with E-state index in [0.29, 0.717) is 34.4 Å². The monoisotopic (exact) mass is 398 g/mol. The first-order valence-corrected chi connectivity index (χ1v) is 10.1. The summed E-state index contributed by atoms with van der Waals surface area (Å²) >= 11 is 1.44. The average molecular weight is 398 g/mol. The van der Waals surface area contributed by atoms with E-state index in [-0.39, 0.29) is 18.1 Å². The van der Waals surface area contributed by atoms with E-state index in [1.54, 1.807) is 19.1 Å². The van der Waals surface area contributed by atoms with Crippen molar-refractivity contribution in [2.45, 2.75) is 38.1 Å². The summed E-state index contributed by atoms with van der Waals surface area (Å²) in [6.07, 6.45) is -1.03. The van der Waals surface area contributed by atoms with Crippen LogP contribution in [-0.4, -0.2) is 39.9 Å². The number of aliphatic hydroxyl groups is 2. The van der Waals surface area contributed by atoms with Gasteiger partial charge in [-0.3, -0.25) is 4.79 Å². The third kappa shape index (κ3) is 3.56. The number of rotatable bonds is 4. The van der Waals surface area contributed by atoms with Crippen LogP contribution < -0.4 is 0 Å². The minimum atomic E-state index is -0.627. The fourth-order valence-electron chi connectivity index (χ4n) is 3.75. The maximum atomic E-state index is 13.2. The number of aliphatic hydroxyl groups excluding tert-OH is 2. The molecule has 1 aliphatic rings. The maximum absolute atomic E-state index is 13.2. The number of carbonyl (C=O) groups excluding carboxylic acids is 1. The molecule has 4 rings (SSSR count). The van der Waals surface area contributed by atoms with Gasteiger partial charge in [-0.1, -0.05) is 18.2 Å². The molecule has 0 saturated carbocycles. The number of aryl methyl sites for hydroxylation is 1. The Kier molecular flexibility index (Phi) is 5.21. The van der Waals surface area contributed by atoms with Crippen molar-refractivity contribution >= 4 is 27.2 Å². The summed E-state index contributed by atoms with van der Waals surface area (Å²) in [6.45, 7) is 1.59. The molecule has 3 atom stereocenters. The highest BCUT2D eigenvalue weighted by Gasteiger charge is 2.31. The molecule has 0 bridgehead atoms. The third-order valence-electron chi connectivity index (χ3n) is 5.20. The largest absolute Gasteiger partial charge is 0.508 e. The number of carbonyl (C=O) groups is 1. The molecule has 146 valence electrons. The summed E-state index contributed by atoms with van der Waals surface area (Å²) < 4.78 is 6.87. The number of hydrogen-bond acceptors (Lipinski definition) is 6. The summed E-state index contributed by atoms with van der Waals surface area (Å²) in [7, 11) is 0. The first-order chi connectivity index (χ1) is 13.5. The number of aromatic hydroxyl groups is 1. The molecule has 0 spiro atoms. The first kappa shape index (κ1) is 19.1. The Bertz CT molecular complexity index is 992. The molecule has 1 aromatic heterocycles. The van der Waals surface area contributed by atoms with E-state index in [2.05, 4.69) is 0 Å². The molecule has 0 amide bonds. The van der Waals surface area contributed by atoms with E-state index < -0.39 is 18.3 Å². The molecule has 0 radical (unpaired) electrons. The van der Waals surface area contributed by atoms with Crippen LogP contribution in [0.15, 0.2) is 42.5 Å². The molecule has 1 saturated heterocycles. The van der Waals surface area contributed by atoms with Crippen molar-refractivity contribution in [1.82, 2.24) is 0 Å². The summed E-state index contributed by atoms with van der Waals surface area (Å²) in [5.74, 6) is -0.0730. The third-order valence-corrected chi connectivity index (χ3v) is 6.31. The number of phenolic OH excluding ortho intramolecular Hbond substituents is 1. The summed E-state index contributed by atoms with van der Waals surface area (Å²) in [6, 6.07) is 13.0. The Morgan fingerprint density at radius 2 is 2.00 bits per heavy atom. The highest BCUT2D eigenvalue weighted by Crippen LogP contribution is 2.38. The highest BCUT2D eigenvalue weighted by molar-refractivity contribution is 7.21. The van der Waals surface area contributed by atoms with Crippen molar-refractivity contribution in [2.24, 2.45) is 0 Å². The van der Waals surface area contributed by atoms with Gasteiger partial charge < -0.3 is 20.1 Å². The van der Waals surface area contributed by atoms with E-state index in [1.807, 2.05) is 30.3 Å². The van der Waals surface area contributed by atoms with Crippen molar-refractivity contribution in [3.8, 4) is 5.75 Å². The van der Waals surface area contributed by atoms with Crippen LogP contribution in [0.5, 0.6) is 5.75 Å². The highest BCUT2D eigenvalue weighted by atomic mass is 32.1. The van der Waals surface area contributed by atoms with Crippen LogP contribution in [0, 0.1) is 6.92 Å². The van der Waals surface area contributed by atoms with Crippen LogP contribution in [0.25, 0.3) is 10.1 Å². The van der Waals surface area contributed by atoms with Gasteiger partial charge in [0.25, 0.3) is 0 Å². The van der Waals surface area contributed by atoms with Crippen LogP contribution in [0.4, 0.5) is 0 Å². The number of ketones is 1. The molecule has 5 nitrogen and oxygen atoms in total. The van der Waals surface area contributed by atoms with E-state index in [4.69, 9.17) is 4.74 Å². The van der Waals surface area contributed by atoms with Gasteiger partial charge in [-0.15, -0.1) is 11.3 Å². The fraction of sp³-hybridized carbons (Fsp3) is 0.318. The van der Waals surface area contributed by atoms with E-state index in [1.165, 1.54) is 11.3 Å². The molecule has 1 fully saturated rings. The molecule has 6 heteroatoms. The number of thiophene rings is 1. The van der Waals surface area contributed by atoms with Crippen molar-refractivity contribution in [1.29, 1.82) is 0 Å². The lowest BCUT2D eigenvalue weighted by atomic mass is 9.92. The van der Waals surface area contributed by atoms with Crippen LogP contribution in [0.3, 0.4) is 0 Å². The first-order valence-electron chi connectivity index (χ1n) is 9.27. The lowest BCUT2D eigenvalue weighted by molar-refractivity contribution is -0.114. The van der Waals surface area contributed by atoms with Gasteiger partial charge in [-0.2, -0.15) is 0 Å². The molecule has 0 aliphatic carbocycles. The summed E-state index contributed by atoms with van der Waals surface area (Å²) in [5.41, 5.74) is 1.65. The van der Waals surface area contributed by atoms with E-state index >= 15 is 0 Å². The van der Waals surface area contributed by atoms with Gasteiger partial charge in [-0.25, -0.2) is 0 Å². The van der Waals surface area contributed by atoms with Gasteiger partial charge in [0.05, 0.1) is 29.8 Å². The van der Waals surface area contributed by atoms with Crippen LogP contribution >= 0.6 is 11.3 Å². The van der Waals surface area contributed by atoms with Gasteiger partial charge >= 0.3 is 0 Å². The number of fused-ring (bicyclic) bond motifs is 1. The van der Waals surface area contributed by atoms with Crippen LogP contribution in [-0.2, 0) is 4.74 Å². The minimum Gasteiger partial charge on any atom is -0.508 e. The predicted octanol–water partition coefficient (Wildman–Crippen LogP) is 3.72. The van der Waals surface area contributed by atoms with Crippen molar-refractivity contribution < 1.29 is 24.9 Å². The zero-order chi connectivity index (χ0) is 19.8. The van der Waals surface area contributed by atoms with Crippen molar-refractivity contribution in [3.63, 3.8) is 0 Å². The standard InChI is InChI=1S/C22H22O5S/c1-12-6-18(25)17(19-9-14(24)8-15(11-23)27-19)10-16(12)22(26)21-7-13-4-2-3-5-20(13)28-21/h2-7,10,14-15,19,23-25H,8-9,11H2,1H3/t14-,15-,19+/m0/s1. The smallest absolute Gasteiger partial charge is 0.203 e. The van der Waals surface area contributed by atoms with Crippen molar-refractivity contribution in [3.05, 3.63) is 64.0 Å². The quantitative estimate of drug-likeness (QED) is 0.583. The molecule has 3 N–H and O–H groups in total. The van der Waals surface area contributed by atoms with Gasteiger partial charge in [-0.05, 0) is 42.1 Å². The molecule has 2 heterocycles. The normalized spacial score (nSPS) is 22.5. The average Bonchev–Trinajstić information content (AvgIpc) is 3.11. The Morgan fingerprint density at radius 3 is 2.75 bits per heavy atom. The number of benzene rings is 2. The van der Waals surface area contributed by atoms with Gasteiger partial charge in [0.15, 0.2) is 0 Å². The second kappa shape index (κ2) is 7.64. The lowest BCUT2D eigenvalue weighted by Gasteiger charge is -2.33. The number of phenols is 1. The van der Waals surface area contributed by atoms with E-state index in [0.717, 1.165) is 10.1 Å². The summed E-state index contributed by atoms with van der Waals surface area (Å²) in [5, 5.41) is 31.0.